The number of methoxy groups -OCH3 is 1. The Hall–Kier alpha value is -2.05. The fraction of sp³-hybridized carbons (Fsp3) is 0.591. The van der Waals surface area contributed by atoms with Gasteiger partial charge < -0.3 is 19.1 Å². The first-order valence-corrected chi connectivity index (χ1v) is 10.3. The van der Waals surface area contributed by atoms with Gasteiger partial charge in [0.05, 0.1) is 19.8 Å². The van der Waals surface area contributed by atoms with Gasteiger partial charge in [0.1, 0.15) is 0 Å². The van der Waals surface area contributed by atoms with Crippen LogP contribution in [0.4, 0.5) is 0 Å². The van der Waals surface area contributed by atoms with Crippen molar-refractivity contribution in [3.05, 3.63) is 29.8 Å². The lowest BCUT2D eigenvalue weighted by atomic mass is 10.1. The molecule has 1 atom stereocenters. The van der Waals surface area contributed by atoms with E-state index in [9.17, 15) is 4.79 Å². The van der Waals surface area contributed by atoms with Gasteiger partial charge in [-0.2, -0.15) is 0 Å². The van der Waals surface area contributed by atoms with Gasteiger partial charge in [-0.05, 0) is 43.0 Å². The van der Waals surface area contributed by atoms with Crippen molar-refractivity contribution in [2.24, 2.45) is 0 Å². The van der Waals surface area contributed by atoms with E-state index in [0.29, 0.717) is 18.5 Å². The molecule has 1 aromatic rings. The van der Waals surface area contributed by atoms with Gasteiger partial charge in [-0.1, -0.05) is 13.0 Å². The Balaban J connectivity index is 1.49. The Morgan fingerprint density at radius 2 is 2.07 bits per heavy atom. The third-order valence-electron chi connectivity index (χ3n) is 5.24. The third kappa shape index (κ3) is 5.72. The van der Waals surface area contributed by atoms with Crippen LogP contribution in [0.1, 0.15) is 31.7 Å². The molecule has 1 unspecified atom stereocenters. The molecule has 28 heavy (non-hydrogen) atoms. The van der Waals surface area contributed by atoms with E-state index < -0.39 is 0 Å². The van der Waals surface area contributed by atoms with Gasteiger partial charge in [0.2, 0.25) is 5.91 Å². The maximum atomic E-state index is 12.5. The van der Waals surface area contributed by atoms with Crippen molar-refractivity contribution in [2.75, 3.05) is 53.0 Å². The quantitative estimate of drug-likeness (QED) is 0.641. The first-order chi connectivity index (χ1) is 13.7. The van der Waals surface area contributed by atoms with E-state index in [0.717, 1.165) is 63.5 Å². The Morgan fingerprint density at radius 1 is 1.25 bits per heavy atom. The summed E-state index contributed by atoms with van der Waals surface area (Å²) >= 11 is 0. The number of rotatable bonds is 8. The number of hydrogen-bond acceptors (Lipinski definition) is 5. The highest BCUT2D eigenvalue weighted by molar-refractivity contribution is 5.92. The molecule has 2 aliphatic heterocycles. The predicted molar refractivity (Wildman–Crippen MR) is 110 cm³/mol. The number of piperazine rings is 1. The number of hydrogen-bond donors (Lipinski definition) is 0. The normalized spacial score (nSPS) is 20.6. The standard InChI is InChI=1S/C22H32N2O4/c1-3-14-28-20-8-6-18(16-21(20)26-2)7-9-22(25)24-12-10-23(11-13-24)17-19-5-4-15-27-19/h6-9,16,19H,3-5,10-15,17H2,1-2H3/b9-7+. The van der Waals surface area contributed by atoms with Crippen molar-refractivity contribution in [2.45, 2.75) is 32.3 Å². The van der Waals surface area contributed by atoms with Gasteiger partial charge in [0.25, 0.3) is 0 Å². The largest absolute Gasteiger partial charge is 0.493 e. The van der Waals surface area contributed by atoms with Crippen molar-refractivity contribution in [1.82, 2.24) is 9.80 Å². The molecule has 0 saturated carbocycles. The average Bonchev–Trinajstić information content (AvgIpc) is 3.24. The second-order valence-electron chi connectivity index (χ2n) is 7.35. The zero-order valence-corrected chi connectivity index (χ0v) is 17.1. The molecule has 6 nitrogen and oxygen atoms in total. The van der Waals surface area contributed by atoms with E-state index in [-0.39, 0.29) is 5.91 Å². The molecular formula is C22H32N2O4. The van der Waals surface area contributed by atoms with Crippen molar-refractivity contribution < 1.29 is 19.0 Å². The number of benzene rings is 1. The van der Waals surface area contributed by atoms with Crippen LogP contribution in [-0.4, -0.2) is 74.9 Å². The highest BCUT2D eigenvalue weighted by Crippen LogP contribution is 2.28. The first-order valence-electron chi connectivity index (χ1n) is 10.3. The van der Waals surface area contributed by atoms with Crippen LogP contribution in [0.3, 0.4) is 0 Å². The van der Waals surface area contributed by atoms with Crippen LogP contribution in [0.15, 0.2) is 24.3 Å². The smallest absolute Gasteiger partial charge is 0.246 e. The van der Waals surface area contributed by atoms with Crippen molar-refractivity contribution in [1.29, 1.82) is 0 Å². The minimum atomic E-state index is 0.0574. The lowest BCUT2D eigenvalue weighted by Gasteiger charge is -2.35. The van der Waals surface area contributed by atoms with Gasteiger partial charge in [0, 0.05) is 45.4 Å². The molecule has 1 aromatic carbocycles. The van der Waals surface area contributed by atoms with Gasteiger partial charge in [0.15, 0.2) is 11.5 Å². The zero-order chi connectivity index (χ0) is 19.8. The Kier molecular flexibility index (Phi) is 7.74. The maximum Gasteiger partial charge on any atom is 0.246 e. The lowest BCUT2D eigenvalue weighted by Crippen LogP contribution is -2.50. The summed E-state index contributed by atoms with van der Waals surface area (Å²) < 4.78 is 16.8. The minimum absolute atomic E-state index is 0.0574. The number of carbonyl (C=O) groups excluding carboxylic acids is 1. The summed E-state index contributed by atoms with van der Waals surface area (Å²) in [5.41, 5.74) is 0.922. The number of carbonyl (C=O) groups is 1. The van der Waals surface area contributed by atoms with Crippen LogP contribution in [-0.2, 0) is 9.53 Å². The van der Waals surface area contributed by atoms with Gasteiger partial charge in [-0.3, -0.25) is 9.69 Å². The predicted octanol–water partition coefficient (Wildman–Crippen LogP) is 2.82. The molecule has 6 heteroatoms. The summed E-state index contributed by atoms with van der Waals surface area (Å²) in [6.45, 7) is 7.97. The highest BCUT2D eigenvalue weighted by atomic mass is 16.5. The van der Waals surface area contributed by atoms with E-state index in [1.165, 1.54) is 6.42 Å². The molecule has 2 saturated heterocycles. The summed E-state index contributed by atoms with van der Waals surface area (Å²) in [5.74, 6) is 1.48. The molecule has 3 rings (SSSR count). The Labute approximate surface area is 168 Å². The zero-order valence-electron chi connectivity index (χ0n) is 17.1. The minimum Gasteiger partial charge on any atom is -0.493 e. The molecule has 2 aliphatic rings. The van der Waals surface area contributed by atoms with E-state index in [2.05, 4.69) is 11.8 Å². The van der Waals surface area contributed by atoms with Crippen molar-refractivity contribution in [3.63, 3.8) is 0 Å². The van der Waals surface area contributed by atoms with Crippen LogP contribution >= 0.6 is 0 Å². The molecule has 0 aliphatic carbocycles. The molecule has 0 radical (unpaired) electrons. The van der Waals surface area contributed by atoms with E-state index >= 15 is 0 Å². The number of nitrogens with zero attached hydrogens (tertiary/aromatic N) is 2. The van der Waals surface area contributed by atoms with E-state index in [1.807, 2.05) is 29.2 Å². The van der Waals surface area contributed by atoms with Crippen molar-refractivity contribution >= 4 is 12.0 Å². The van der Waals surface area contributed by atoms with E-state index in [1.54, 1.807) is 13.2 Å². The lowest BCUT2D eigenvalue weighted by molar-refractivity contribution is -0.127. The molecule has 0 bridgehead atoms. The summed E-state index contributed by atoms with van der Waals surface area (Å²) in [6, 6.07) is 5.73. The number of ether oxygens (including phenoxy) is 3. The van der Waals surface area contributed by atoms with E-state index in [4.69, 9.17) is 14.2 Å². The van der Waals surface area contributed by atoms with Crippen LogP contribution in [0, 0.1) is 0 Å². The second-order valence-corrected chi connectivity index (χ2v) is 7.35. The fourth-order valence-electron chi connectivity index (χ4n) is 3.62. The third-order valence-corrected chi connectivity index (χ3v) is 5.24. The molecule has 1 amide bonds. The summed E-state index contributed by atoms with van der Waals surface area (Å²) in [7, 11) is 1.63. The molecule has 0 N–H and O–H groups in total. The SMILES string of the molecule is CCCOc1ccc(/C=C/C(=O)N2CCN(CC3CCCO3)CC2)cc1OC. The second kappa shape index (κ2) is 10.5. The number of amides is 1. The van der Waals surface area contributed by atoms with Crippen LogP contribution in [0.2, 0.25) is 0 Å². The first kappa shape index (κ1) is 20.7. The van der Waals surface area contributed by atoms with Gasteiger partial charge in [-0.15, -0.1) is 0 Å². The summed E-state index contributed by atoms with van der Waals surface area (Å²) in [4.78, 5) is 16.8. The van der Waals surface area contributed by atoms with Crippen molar-refractivity contribution in [3.8, 4) is 11.5 Å². The van der Waals surface area contributed by atoms with Crippen LogP contribution < -0.4 is 9.47 Å². The topological polar surface area (TPSA) is 51.2 Å². The fourth-order valence-corrected chi connectivity index (χ4v) is 3.62. The van der Waals surface area contributed by atoms with Gasteiger partial charge in [-0.25, -0.2) is 0 Å². The molecule has 0 aromatic heterocycles. The molecule has 2 heterocycles. The Bertz CT molecular complexity index is 663. The highest BCUT2D eigenvalue weighted by Gasteiger charge is 2.24. The molecule has 0 spiro atoms. The van der Waals surface area contributed by atoms with Crippen LogP contribution in [0.5, 0.6) is 11.5 Å². The summed E-state index contributed by atoms with van der Waals surface area (Å²) in [6.07, 6.45) is 7.14. The Morgan fingerprint density at radius 3 is 2.75 bits per heavy atom. The summed E-state index contributed by atoms with van der Waals surface area (Å²) in [5, 5.41) is 0. The van der Waals surface area contributed by atoms with Gasteiger partial charge >= 0.3 is 0 Å². The molecule has 154 valence electrons. The average molecular weight is 389 g/mol. The maximum absolute atomic E-state index is 12.5. The van der Waals surface area contributed by atoms with Crippen LogP contribution in [0.25, 0.3) is 6.08 Å². The molecule has 2 fully saturated rings. The molecular weight excluding hydrogens is 356 g/mol. The monoisotopic (exact) mass is 388 g/mol.